The molecule has 1 heterocycles. The van der Waals surface area contributed by atoms with Crippen LogP contribution < -0.4 is 4.74 Å². The van der Waals surface area contributed by atoms with Crippen LogP contribution in [0.2, 0.25) is 5.15 Å². The fourth-order valence-electron chi connectivity index (χ4n) is 1.54. The van der Waals surface area contributed by atoms with Gasteiger partial charge in [0, 0.05) is 11.1 Å². The molecule has 0 spiro atoms. The molecule has 0 aliphatic rings. The largest absolute Gasteiger partial charge is 0.573 e. The minimum absolute atomic E-state index is 0.0506. The Bertz CT molecular complexity index is 602. The standard InChI is InChI=1S/C12H7ClF3NO2/c13-11-5-8(9(18)6-17-11)7-3-1-2-4-10(7)19-12(14,15)16/h1-6,18H. The minimum atomic E-state index is -4.82. The quantitative estimate of drug-likeness (QED) is 0.850. The molecule has 1 N–H and O–H groups in total. The van der Waals surface area contributed by atoms with Gasteiger partial charge in [0.15, 0.2) is 0 Å². The maximum atomic E-state index is 12.3. The Morgan fingerprint density at radius 1 is 1.16 bits per heavy atom. The number of aromatic hydroxyl groups is 1. The molecule has 0 amide bonds. The van der Waals surface area contributed by atoms with Crippen molar-refractivity contribution in [2.45, 2.75) is 6.36 Å². The summed E-state index contributed by atoms with van der Waals surface area (Å²) in [6, 6.07) is 6.70. The number of aromatic nitrogens is 1. The molecule has 0 fully saturated rings. The van der Waals surface area contributed by atoms with Crippen molar-refractivity contribution >= 4 is 11.6 Å². The van der Waals surface area contributed by atoms with E-state index >= 15 is 0 Å². The van der Waals surface area contributed by atoms with E-state index in [1.165, 1.54) is 24.3 Å². The molecule has 0 saturated carbocycles. The highest BCUT2D eigenvalue weighted by Crippen LogP contribution is 2.38. The van der Waals surface area contributed by atoms with Crippen molar-refractivity contribution in [1.82, 2.24) is 4.98 Å². The van der Waals surface area contributed by atoms with Gasteiger partial charge in [-0.05, 0) is 12.1 Å². The van der Waals surface area contributed by atoms with Gasteiger partial charge in [0.2, 0.25) is 0 Å². The lowest BCUT2D eigenvalue weighted by Gasteiger charge is -2.13. The monoisotopic (exact) mass is 289 g/mol. The lowest BCUT2D eigenvalue weighted by molar-refractivity contribution is -0.274. The number of halogens is 4. The van der Waals surface area contributed by atoms with E-state index in [1.54, 1.807) is 0 Å². The number of para-hydroxylation sites is 1. The van der Waals surface area contributed by atoms with Crippen LogP contribution in [0.1, 0.15) is 0 Å². The van der Waals surface area contributed by atoms with E-state index in [9.17, 15) is 18.3 Å². The van der Waals surface area contributed by atoms with Crippen LogP contribution in [0.15, 0.2) is 36.5 Å². The average Bonchev–Trinajstić information content (AvgIpc) is 2.31. The van der Waals surface area contributed by atoms with E-state index in [2.05, 4.69) is 9.72 Å². The van der Waals surface area contributed by atoms with Crippen molar-refractivity contribution in [3.8, 4) is 22.6 Å². The van der Waals surface area contributed by atoms with E-state index in [0.717, 1.165) is 12.3 Å². The van der Waals surface area contributed by atoms with Crippen LogP contribution in [0.25, 0.3) is 11.1 Å². The van der Waals surface area contributed by atoms with E-state index < -0.39 is 12.1 Å². The molecule has 0 aliphatic carbocycles. The van der Waals surface area contributed by atoms with Crippen molar-refractivity contribution < 1.29 is 23.0 Å². The highest BCUT2D eigenvalue weighted by Gasteiger charge is 2.32. The van der Waals surface area contributed by atoms with Gasteiger partial charge < -0.3 is 9.84 Å². The van der Waals surface area contributed by atoms with Crippen LogP contribution >= 0.6 is 11.6 Å². The molecular weight excluding hydrogens is 283 g/mol. The van der Waals surface area contributed by atoms with Crippen LogP contribution in [-0.2, 0) is 0 Å². The smallest absolute Gasteiger partial charge is 0.506 e. The maximum Gasteiger partial charge on any atom is 0.573 e. The molecule has 0 atom stereocenters. The number of hydrogen-bond acceptors (Lipinski definition) is 3. The molecular formula is C12H7ClF3NO2. The molecule has 2 aromatic rings. The van der Waals surface area contributed by atoms with Crippen LogP contribution in [0.5, 0.6) is 11.5 Å². The van der Waals surface area contributed by atoms with Gasteiger partial charge in [0.1, 0.15) is 16.7 Å². The van der Waals surface area contributed by atoms with Crippen LogP contribution in [-0.4, -0.2) is 16.5 Å². The van der Waals surface area contributed by atoms with Gasteiger partial charge in [-0.25, -0.2) is 4.98 Å². The molecule has 0 saturated heterocycles. The Kier molecular flexibility index (Phi) is 3.53. The number of rotatable bonds is 2. The number of hydrogen-bond donors (Lipinski definition) is 1. The molecule has 0 unspecified atom stereocenters. The van der Waals surface area contributed by atoms with E-state index in [0.29, 0.717) is 0 Å². The lowest BCUT2D eigenvalue weighted by atomic mass is 10.1. The van der Waals surface area contributed by atoms with E-state index in [4.69, 9.17) is 11.6 Å². The SMILES string of the molecule is Oc1cnc(Cl)cc1-c1ccccc1OC(F)(F)F. The summed E-state index contributed by atoms with van der Waals surface area (Å²) in [5.41, 5.74) is 0.182. The Morgan fingerprint density at radius 2 is 1.84 bits per heavy atom. The van der Waals surface area contributed by atoms with Crippen molar-refractivity contribution in [3.63, 3.8) is 0 Å². The van der Waals surface area contributed by atoms with Gasteiger partial charge in [-0.15, -0.1) is 13.2 Å². The Morgan fingerprint density at radius 3 is 2.53 bits per heavy atom. The number of pyridine rings is 1. The molecule has 100 valence electrons. The first-order chi connectivity index (χ1) is 8.87. The van der Waals surface area contributed by atoms with Gasteiger partial charge in [0.25, 0.3) is 0 Å². The zero-order chi connectivity index (χ0) is 14.0. The molecule has 0 bridgehead atoms. The Labute approximate surface area is 111 Å². The van der Waals surface area contributed by atoms with Gasteiger partial charge in [-0.1, -0.05) is 29.8 Å². The fraction of sp³-hybridized carbons (Fsp3) is 0.0833. The van der Waals surface area contributed by atoms with Gasteiger partial charge >= 0.3 is 6.36 Å². The van der Waals surface area contributed by atoms with E-state index in [-0.39, 0.29) is 22.0 Å². The summed E-state index contributed by atoms with van der Waals surface area (Å²) in [6.07, 6.45) is -3.76. The minimum Gasteiger partial charge on any atom is -0.506 e. The molecule has 7 heteroatoms. The summed E-state index contributed by atoms with van der Waals surface area (Å²) in [7, 11) is 0. The normalized spacial score (nSPS) is 11.4. The second-order valence-electron chi connectivity index (χ2n) is 3.57. The Hall–Kier alpha value is -1.95. The topological polar surface area (TPSA) is 42.4 Å². The summed E-state index contributed by atoms with van der Waals surface area (Å²) >= 11 is 5.67. The third kappa shape index (κ3) is 3.29. The molecule has 19 heavy (non-hydrogen) atoms. The summed E-state index contributed by atoms with van der Waals surface area (Å²) in [6.45, 7) is 0. The fourth-order valence-corrected chi connectivity index (χ4v) is 1.70. The van der Waals surface area contributed by atoms with Gasteiger partial charge in [0.05, 0.1) is 6.20 Å². The third-order valence-electron chi connectivity index (χ3n) is 2.25. The highest BCUT2D eigenvalue weighted by atomic mass is 35.5. The third-order valence-corrected chi connectivity index (χ3v) is 2.46. The summed E-state index contributed by atoms with van der Waals surface area (Å²) in [5.74, 6) is -0.713. The average molecular weight is 290 g/mol. The first kappa shape index (κ1) is 13.5. The highest BCUT2D eigenvalue weighted by molar-refractivity contribution is 6.29. The molecule has 0 radical (unpaired) electrons. The van der Waals surface area contributed by atoms with Crippen LogP contribution in [0, 0.1) is 0 Å². The zero-order valence-corrected chi connectivity index (χ0v) is 10.0. The van der Waals surface area contributed by atoms with Crippen molar-refractivity contribution in [2.75, 3.05) is 0 Å². The van der Waals surface area contributed by atoms with Gasteiger partial charge in [-0.3, -0.25) is 0 Å². The predicted molar refractivity (Wildman–Crippen MR) is 63.0 cm³/mol. The molecule has 2 rings (SSSR count). The summed E-state index contributed by atoms with van der Waals surface area (Å²) in [5, 5.41) is 9.70. The number of alkyl halides is 3. The molecule has 0 aliphatic heterocycles. The molecule has 1 aromatic heterocycles. The number of nitrogens with zero attached hydrogens (tertiary/aromatic N) is 1. The predicted octanol–water partition coefficient (Wildman–Crippen LogP) is 4.01. The second-order valence-corrected chi connectivity index (χ2v) is 3.96. The summed E-state index contributed by atoms with van der Waals surface area (Å²) in [4.78, 5) is 3.62. The zero-order valence-electron chi connectivity index (χ0n) is 9.28. The second kappa shape index (κ2) is 4.97. The molecule has 3 nitrogen and oxygen atoms in total. The number of ether oxygens (including phenoxy) is 1. The maximum absolute atomic E-state index is 12.3. The van der Waals surface area contributed by atoms with E-state index in [1.807, 2.05) is 0 Å². The van der Waals surface area contributed by atoms with Crippen molar-refractivity contribution in [1.29, 1.82) is 0 Å². The molecule has 1 aromatic carbocycles. The number of benzene rings is 1. The van der Waals surface area contributed by atoms with Gasteiger partial charge in [-0.2, -0.15) is 0 Å². The van der Waals surface area contributed by atoms with Crippen molar-refractivity contribution in [2.24, 2.45) is 0 Å². The lowest BCUT2D eigenvalue weighted by Crippen LogP contribution is -2.17. The first-order valence-electron chi connectivity index (χ1n) is 5.06. The summed E-state index contributed by atoms with van der Waals surface area (Å²) < 4.78 is 40.8. The Balaban J connectivity index is 2.53. The van der Waals surface area contributed by atoms with Crippen molar-refractivity contribution in [3.05, 3.63) is 41.7 Å². The van der Waals surface area contributed by atoms with Crippen LogP contribution in [0.3, 0.4) is 0 Å². The van der Waals surface area contributed by atoms with Crippen LogP contribution in [0.4, 0.5) is 13.2 Å². The first-order valence-corrected chi connectivity index (χ1v) is 5.44.